The first-order chi connectivity index (χ1) is 11.4. The van der Waals surface area contributed by atoms with Crippen molar-refractivity contribution in [2.45, 2.75) is 6.92 Å². The minimum absolute atomic E-state index is 0.164. The van der Waals surface area contributed by atoms with E-state index in [4.69, 9.17) is 20.8 Å². The number of carbonyl (C=O) groups excluding carboxylic acids is 1. The maximum atomic E-state index is 12.2. The first-order valence-electron chi connectivity index (χ1n) is 7.09. The van der Waals surface area contributed by atoms with Gasteiger partial charge in [0.2, 0.25) is 0 Å². The van der Waals surface area contributed by atoms with Crippen LogP contribution in [-0.4, -0.2) is 12.4 Å². The van der Waals surface area contributed by atoms with Gasteiger partial charge in [0.25, 0.3) is 0 Å². The van der Waals surface area contributed by atoms with E-state index in [1.165, 1.54) is 12.1 Å². The second-order valence-electron chi connectivity index (χ2n) is 5.25. The fraction of sp³-hybridized carbons (Fsp3) is 0.111. The average molecular weight is 408 g/mol. The van der Waals surface area contributed by atoms with E-state index in [9.17, 15) is 9.59 Å². The Morgan fingerprint density at radius 1 is 1.21 bits per heavy atom. The lowest BCUT2D eigenvalue weighted by Gasteiger charge is -2.09. The van der Waals surface area contributed by atoms with Gasteiger partial charge in [0.15, 0.2) is 12.4 Å². The number of ether oxygens (including phenoxy) is 1. The van der Waals surface area contributed by atoms with E-state index in [1.54, 1.807) is 37.3 Å². The minimum Gasteiger partial charge on any atom is -0.484 e. The van der Waals surface area contributed by atoms with Crippen LogP contribution in [-0.2, 0) is 0 Å². The Morgan fingerprint density at radius 2 is 1.92 bits per heavy atom. The summed E-state index contributed by atoms with van der Waals surface area (Å²) in [6.07, 6.45) is 0. The van der Waals surface area contributed by atoms with Crippen LogP contribution in [0.2, 0.25) is 5.02 Å². The van der Waals surface area contributed by atoms with Crippen LogP contribution in [0.25, 0.3) is 11.0 Å². The van der Waals surface area contributed by atoms with Crippen molar-refractivity contribution in [1.29, 1.82) is 0 Å². The molecule has 0 unspecified atom stereocenters. The summed E-state index contributed by atoms with van der Waals surface area (Å²) >= 11 is 9.52. The zero-order chi connectivity index (χ0) is 17.3. The number of Topliss-reactive ketones (excluding diaryl/α,β-unsaturated/α-hetero) is 1. The van der Waals surface area contributed by atoms with Gasteiger partial charge < -0.3 is 9.15 Å². The molecule has 0 bridgehead atoms. The summed E-state index contributed by atoms with van der Waals surface area (Å²) in [6, 6.07) is 11.6. The standard InChI is InChI=1S/C18H12BrClO4/c1-10-6-18(22)24-16-8-17(14(20)7-13(10)16)23-9-15(21)11-2-4-12(19)5-3-11/h2-8H,9H2,1H3. The van der Waals surface area contributed by atoms with Gasteiger partial charge in [0.05, 0.1) is 5.02 Å². The topological polar surface area (TPSA) is 56.5 Å². The van der Waals surface area contributed by atoms with E-state index >= 15 is 0 Å². The smallest absolute Gasteiger partial charge is 0.336 e. The summed E-state index contributed by atoms with van der Waals surface area (Å²) < 4.78 is 11.6. The van der Waals surface area contributed by atoms with Gasteiger partial charge in [-0.1, -0.05) is 39.7 Å². The molecule has 0 atom stereocenters. The Hall–Kier alpha value is -2.11. The molecule has 0 saturated carbocycles. The molecule has 1 heterocycles. The molecule has 0 amide bonds. The molecule has 0 aliphatic rings. The van der Waals surface area contributed by atoms with Gasteiger partial charge in [0, 0.05) is 27.6 Å². The molecule has 0 radical (unpaired) electrons. The Kier molecular flexibility index (Phi) is 4.73. The molecule has 24 heavy (non-hydrogen) atoms. The van der Waals surface area contributed by atoms with Crippen LogP contribution in [0.1, 0.15) is 15.9 Å². The molecule has 4 nitrogen and oxygen atoms in total. The van der Waals surface area contributed by atoms with E-state index in [-0.39, 0.29) is 12.4 Å². The predicted octanol–water partition coefficient (Wildman–Crippen LogP) is 4.78. The van der Waals surface area contributed by atoms with Crippen LogP contribution in [0.5, 0.6) is 5.75 Å². The molecule has 1 aromatic heterocycles. The number of fused-ring (bicyclic) bond motifs is 1. The van der Waals surface area contributed by atoms with Crippen LogP contribution in [0.3, 0.4) is 0 Å². The van der Waals surface area contributed by atoms with Crippen molar-refractivity contribution in [2.24, 2.45) is 0 Å². The Morgan fingerprint density at radius 3 is 2.62 bits per heavy atom. The van der Waals surface area contributed by atoms with Gasteiger partial charge in [-0.05, 0) is 30.7 Å². The molecule has 0 N–H and O–H groups in total. The number of carbonyl (C=O) groups is 1. The predicted molar refractivity (Wildman–Crippen MR) is 96.2 cm³/mol. The van der Waals surface area contributed by atoms with Crippen molar-refractivity contribution in [3.63, 3.8) is 0 Å². The number of benzene rings is 2. The van der Waals surface area contributed by atoms with Crippen LogP contribution in [0.15, 0.2) is 56.1 Å². The lowest BCUT2D eigenvalue weighted by molar-refractivity contribution is 0.0921. The molecule has 6 heteroatoms. The third-order valence-corrected chi connectivity index (χ3v) is 4.35. The molecule has 0 fully saturated rings. The molecule has 3 aromatic rings. The van der Waals surface area contributed by atoms with E-state index in [1.807, 2.05) is 0 Å². The number of hydrogen-bond donors (Lipinski definition) is 0. The molecule has 0 spiro atoms. The maximum absolute atomic E-state index is 12.2. The largest absolute Gasteiger partial charge is 0.484 e. The van der Waals surface area contributed by atoms with E-state index in [0.717, 1.165) is 15.4 Å². The van der Waals surface area contributed by atoms with Gasteiger partial charge in [-0.15, -0.1) is 0 Å². The fourth-order valence-electron chi connectivity index (χ4n) is 2.29. The highest BCUT2D eigenvalue weighted by Gasteiger charge is 2.12. The monoisotopic (exact) mass is 406 g/mol. The summed E-state index contributed by atoms with van der Waals surface area (Å²) in [4.78, 5) is 23.6. The van der Waals surface area contributed by atoms with Crippen molar-refractivity contribution < 1.29 is 13.9 Å². The summed E-state index contributed by atoms with van der Waals surface area (Å²) in [5, 5.41) is 1.08. The SMILES string of the molecule is Cc1cc(=O)oc2cc(OCC(=O)c3ccc(Br)cc3)c(Cl)cc12. The van der Waals surface area contributed by atoms with Crippen molar-refractivity contribution in [3.8, 4) is 5.75 Å². The minimum atomic E-state index is -0.445. The molecular formula is C18H12BrClO4. The zero-order valence-corrected chi connectivity index (χ0v) is 15.0. The molecule has 3 rings (SSSR count). The molecule has 0 saturated heterocycles. The Balaban J connectivity index is 1.84. The van der Waals surface area contributed by atoms with Gasteiger partial charge in [-0.25, -0.2) is 4.79 Å². The average Bonchev–Trinajstić information content (AvgIpc) is 2.54. The first kappa shape index (κ1) is 16.7. The molecule has 2 aromatic carbocycles. The van der Waals surface area contributed by atoms with Gasteiger partial charge >= 0.3 is 5.63 Å². The lowest BCUT2D eigenvalue weighted by atomic mass is 10.1. The summed E-state index contributed by atoms with van der Waals surface area (Å²) in [6.45, 7) is 1.63. The zero-order valence-electron chi connectivity index (χ0n) is 12.6. The highest BCUT2D eigenvalue weighted by atomic mass is 79.9. The fourth-order valence-corrected chi connectivity index (χ4v) is 2.78. The van der Waals surface area contributed by atoms with E-state index in [0.29, 0.717) is 21.9 Å². The van der Waals surface area contributed by atoms with Crippen molar-refractivity contribution in [2.75, 3.05) is 6.61 Å². The van der Waals surface area contributed by atoms with Crippen molar-refractivity contribution >= 4 is 44.3 Å². The third kappa shape index (κ3) is 3.52. The molecular weight excluding hydrogens is 396 g/mol. The summed E-state index contributed by atoms with van der Waals surface area (Å²) in [7, 11) is 0. The number of halogens is 2. The summed E-state index contributed by atoms with van der Waals surface area (Å²) in [5.41, 5.74) is 1.23. The quantitative estimate of drug-likeness (QED) is 0.461. The molecule has 0 aliphatic carbocycles. The number of rotatable bonds is 4. The number of ketones is 1. The lowest BCUT2D eigenvalue weighted by Crippen LogP contribution is -2.11. The molecule has 0 aliphatic heterocycles. The third-order valence-electron chi connectivity index (χ3n) is 3.53. The number of hydrogen-bond acceptors (Lipinski definition) is 4. The number of aryl methyl sites for hydroxylation is 1. The van der Waals surface area contributed by atoms with Gasteiger partial charge in [0.1, 0.15) is 11.3 Å². The Labute approximate surface area is 151 Å². The van der Waals surface area contributed by atoms with Gasteiger partial charge in [-0.2, -0.15) is 0 Å². The first-order valence-corrected chi connectivity index (χ1v) is 8.27. The van der Waals surface area contributed by atoms with Crippen molar-refractivity contribution in [1.82, 2.24) is 0 Å². The summed E-state index contributed by atoms with van der Waals surface area (Å²) in [5.74, 6) is 0.118. The highest BCUT2D eigenvalue weighted by Crippen LogP contribution is 2.31. The van der Waals surface area contributed by atoms with Crippen LogP contribution in [0.4, 0.5) is 0 Å². The van der Waals surface area contributed by atoms with Crippen LogP contribution < -0.4 is 10.4 Å². The van der Waals surface area contributed by atoms with E-state index < -0.39 is 5.63 Å². The maximum Gasteiger partial charge on any atom is 0.336 e. The van der Waals surface area contributed by atoms with Crippen molar-refractivity contribution in [3.05, 3.63) is 73.5 Å². The second-order valence-corrected chi connectivity index (χ2v) is 6.57. The van der Waals surface area contributed by atoms with E-state index in [2.05, 4.69) is 15.9 Å². The van der Waals surface area contributed by atoms with Crippen LogP contribution in [0, 0.1) is 6.92 Å². The molecule has 122 valence electrons. The van der Waals surface area contributed by atoms with Gasteiger partial charge in [-0.3, -0.25) is 4.79 Å². The highest BCUT2D eigenvalue weighted by molar-refractivity contribution is 9.10. The second kappa shape index (κ2) is 6.79. The normalized spacial score (nSPS) is 10.8. The van der Waals surface area contributed by atoms with Crippen LogP contribution >= 0.6 is 27.5 Å². The Bertz CT molecular complexity index is 977.